The zero-order valence-corrected chi connectivity index (χ0v) is 8.29. The number of Topliss-reactive ketones (excluding diaryl/α,β-unsaturated/α-hetero) is 1. The predicted octanol–water partition coefficient (Wildman–Crippen LogP) is 1.35. The summed E-state index contributed by atoms with van der Waals surface area (Å²) in [4.78, 5) is 11.4. The number of hydrogen-bond donors (Lipinski definition) is 0. The first-order valence-corrected chi connectivity index (χ1v) is 4.58. The fourth-order valence-corrected chi connectivity index (χ4v) is 1.96. The number of carbonyl (C=O) groups is 1. The molecule has 1 saturated carbocycles. The van der Waals surface area contributed by atoms with Crippen LogP contribution in [0.25, 0.3) is 0 Å². The lowest BCUT2D eigenvalue weighted by Crippen LogP contribution is -2.18. The fourth-order valence-electron chi connectivity index (χ4n) is 1.96. The molecule has 0 amide bonds. The van der Waals surface area contributed by atoms with E-state index in [1.165, 1.54) is 0 Å². The molecule has 1 heterocycles. The average molecular weight is 178 g/mol. The molecule has 3 nitrogen and oxygen atoms in total. The summed E-state index contributed by atoms with van der Waals surface area (Å²) in [5, 5.41) is 4.36. The van der Waals surface area contributed by atoms with Gasteiger partial charge >= 0.3 is 0 Å². The van der Waals surface area contributed by atoms with Gasteiger partial charge in [-0.15, -0.1) is 0 Å². The second-order valence-electron chi connectivity index (χ2n) is 3.97. The molecule has 13 heavy (non-hydrogen) atoms. The molecule has 1 aromatic rings. The molecule has 0 spiro atoms. The third kappa shape index (κ3) is 1.10. The van der Waals surface area contributed by atoms with Gasteiger partial charge in [0.05, 0.1) is 11.1 Å². The summed E-state index contributed by atoms with van der Waals surface area (Å²) in [6.07, 6.45) is 3.92. The first-order chi connectivity index (χ1) is 6.06. The second kappa shape index (κ2) is 2.44. The van der Waals surface area contributed by atoms with Crippen LogP contribution in [0.3, 0.4) is 0 Å². The summed E-state index contributed by atoms with van der Waals surface area (Å²) in [6.45, 7) is 3.69. The van der Waals surface area contributed by atoms with E-state index in [-0.39, 0.29) is 11.2 Å². The van der Waals surface area contributed by atoms with Gasteiger partial charge in [0.25, 0.3) is 0 Å². The van der Waals surface area contributed by atoms with Crippen LogP contribution < -0.4 is 0 Å². The van der Waals surface area contributed by atoms with E-state index in [4.69, 9.17) is 0 Å². The van der Waals surface area contributed by atoms with Crippen LogP contribution in [0.5, 0.6) is 0 Å². The number of rotatable bonds is 2. The van der Waals surface area contributed by atoms with Gasteiger partial charge in [-0.2, -0.15) is 5.10 Å². The van der Waals surface area contributed by atoms with Crippen LogP contribution in [0.2, 0.25) is 0 Å². The van der Waals surface area contributed by atoms with Crippen molar-refractivity contribution in [3.63, 3.8) is 0 Å². The summed E-state index contributed by atoms with van der Waals surface area (Å²) in [7, 11) is 1.90. The number of nitrogens with zero attached hydrogens (tertiary/aromatic N) is 2. The highest BCUT2D eigenvalue weighted by atomic mass is 16.1. The minimum Gasteiger partial charge on any atom is -0.299 e. The Hall–Kier alpha value is -1.12. The van der Waals surface area contributed by atoms with Crippen molar-refractivity contribution in [2.45, 2.75) is 32.1 Å². The van der Waals surface area contributed by atoms with Gasteiger partial charge in [-0.05, 0) is 32.3 Å². The highest BCUT2D eigenvalue weighted by Crippen LogP contribution is 2.49. The predicted molar refractivity (Wildman–Crippen MR) is 49.5 cm³/mol. The fraction of sp³-hybridized carbons (Fsp3) is 0.600. The van der Waals surface area contributed by atoms with Crippen molar-refractivity contribution in [3.05, 3.63) is 17.5 Å². The Labute approximate surface area is 77.7 Å². The highest BCUT2D eigenvalue weighted by molar-refractivity contribution is 5.90. The number of aryl methyl sites for hydroxylation is 2. The van der Waals surface area contributed by atoms with E-state index in [9.17, 15) is 4.79 Å². The second-order valence-corrected chi connectivity index (χ2v) is 3.97. The van der Waals surface area contributed by atoms with Crippen LogP contribution in [0.15, 0.2) is 6.20 Å². The Morgan fingerprint density at radius 1 is 1.62 bits per heavy atom. The number of hydrogen-bond acceptors (Lipinski definition) is 2. The van der Waals surface area contributed by atoms with Gasteiger partial charge in [-0.1, -0.05) is 0 Å². The molecule has 2 rings (SSSR count). The monoisotopic (exact) mass is 178 g/mol. The standard InChI is InChI=1S/C10H14N2O/c1-7-6-12(3)11-9(7)10(4-5-10)8(2)13/h6H,4-5H2,1-3H3. The zero-order valence-electron chi connectivity index (χ0n) is 8.29. The molecule has 1 aromatic heterocycles. The molecule has 0 saturated heterocycles. The third-order valence-corrected chi connectivity index (χ3v) is 2.89. The number of aromatic nitrogens is 2. The van der Waals surface area contributed by atoms with Gasteiger partial charge in [0.1, 0.15) is 5.78 Å². The van der Waals surface area contributed by atoms with Crippen molar-refractivity contribution in [2.24, 2.45) is 7.05 Å². The maximum atomic E-state index is 11.4. The molecule has 0 aliphatic heterocycles. The Bertz CT molecular complexity index is 361. The van der Waals surface area contributed by atoms with Crippen molar-refractivity contribution in [3.8, 4) is 0 Å². The SMILES string of the molecule is CC(=O)C1(c2nn(C)cc2C)CC1. The maximum absolute atomic E-state index is 11.4. The van der Waals surface area contributed by atoms with E-state index >= 15 is 0 Å². The Kier molecular flexibility index (Phi) is 1.59. The molecule has 0 unspecified atom stereocenters. The molecule has 3 heteroatoms. The highest BCUT2D eigenvalue weighted by Gasteiger charge is 2.51. The lowest BCUT2D eigenvalue weighted by Gasteiger charge is -2.08. The van der Waals surface area contributed by atoms with E-state index in [1.54, 1.807) is 11.6 Å². The van der Waals surface area contributed by atoms with Crippen molar-refractivity contribution in [2.75, 3.05) is 0 Å². The molecule has 1 aliphatic carbocycles. The van der Waals surface area contributed by atoms with Gasteiger partial charge in [0, 0.05) is 13.2 Å². The lowest BCUT2D eigenvalue weighted by atomic mass is 9.95. The van der Waals surface area contributed by atoms with Crippen molar-refractivity contribution in [1.29, 1.82) is 0 Å². The van der Waals surface area contributed by atoms with Crippen LogP contribution in [0, 0.1) is 6.92 Å². The molecular formula is C10H14N2O. The quantitative estimate of drug-likeness (QED) is 0.685. The Balaban J connectivity index is 2.46. The molecule has 1 aliphatic rings. The minimum atomic E-state index is -0.217. The Morgan fingerprint density at radius 2 is 2.23 bits per heavy atom. The molecule has 70 valence electrons. The van der Waals surface area contributed by atoms with Gasteiger partial charge in [0.2, 0.25) is 0 Å². The van der Waals surface area contributed by atoms with Crippen LogP contribution in [-0.4, -0.2) is 15.6 Å². The smallest absolute Gasteiger partial charge is 0.141 e. The summed E-state index contributed by atoms with van der Waals surface area (Å²) in [6, 6.07) is 0. The summed E-state index contributed by atoms with van der Waals surface area (Å²) in [5.74, 6) is 0.259. The van der Waals surface area contributed by atoms with Crippen LogP contribution >= 0.6 is 0 Å². The van der Waals surface area contributed by atoms with Crippen LogP contribution in [0.4, 0.5) is 0 Å². The van der Waals surface area contributed by atoms with Crippen molar-refractivity contribution >= 4 is 5.78 Å². The maximum Gasteiger partial charge on any atom is 0.141 e. The van der Waals surface area contributed by atoms with Crippen LogP contribution in [-0.2, 0) is 17.3 Å². The van der Waals surface area contributed by atoms with Crippen molar-refractivity contribution < 1.29 is 4.79 Å². The van der Waals surface area contributed by atoms with Gasteiger partial charge in [0.15, 0.2) is 0 Å². The van der Waals surface area contributed by atoms with Gasteiger partial charge in [-0.25, -0.2) is 0 Å². The van der Waals surface area contributed by atoms with E-state index in [2.05, 4.69) is 5.10 Å². The molecule has 0 N–H and O–H groups in total. The van der Waals surface area contributed by atoms with E-state index in [1.807, 2.05) is 20.2 Å². The van der Waals surface area contributed by atoms with E-state index in [0.29, 0.717) is 0 Å². The topological polar surface area (TPSA) is 34.9 Å². The molecular weight excluding hydrogens is 164 g/mol. The first-order valence-electron chi connectivity index (χ1n) is 4.58. The van der Waals surface area contributed by atoms with E-state index in [0.717, 1.165) is 24.1 Å². The van der Waals surface area contributed by atoms with Gasteiger partial charge < -0.3 is 0 Å². The summed E-state index contributed by atoms with van der Waals surface area (Å²) >= 11 is 0. The summed E-state index contributed by atoms with van der Waals surface area (Å²) < 4.78 is 1.79. The number of ketones is 1. The molecule has 1 fully saturated rings. The first kappa shape index (κ1) is 8.48. The molecule has 0 atom stereocenters. The minimum absolute atomic E-state index is 0.217. The molecule has 0 aromatic carbocycles. The average Bonchev–Trinajstić information content (AvgIpc) is 2.75. The van der Waals surface area contributed by atoms with Gasteiger partial charge in [-0.3, -0.25) is 9.48 Å². The molecule has 0 radical (unpaired) electrons. The lowest BCUT2D eigenvalue weighted by molar-refractivity contribution is -0.119. The Morgan fingerprint density at radius 3 is 2.54 bits per heavy atom. The largest absolute Gasteiger partial charge is 0.299 e. The third-order valence-electron chi connectivity index (χ3n) is 2.89. The van der Waals surface area contributed by atoms with E-state index < -0.39 is 0 Å². The summed E-state index contributed by atoms with van der Waals surface area (Å²) in [5.41, 5.74) is 1.91. The number of carbonyl (C=O) groups excluding carboxylic acids is 1. The molecule has 0 bridgehead atoms. The zero-order chi connectivity index (χ0) is 9.64. The normalized spacial score (nSPS) is 18.7. The van der Waals surface area contributed by atoms with Crippen molar-refractivity contribution in [1.82, 2.24) is 9.78 Å². The van der Waals surface area contributed by atoms with Crippen LogP contribution in [0.1, 0.15) is 31.0 Å².